The minimum absolute atomic E-state index is 0.253. The summed E-state index contributed by atoms with van der Waals surface area (Å²) < 4.78 is 38.3. The highest BCUT2D eigenvalue weighted by atomic mass is 32.2. The fourth-order valence-corrected chi connectivity index (χ4v) is 4.94. The molecule has 1 heterocycles. The first kappa shape index (κ1) is 16.7. The number of anilines is 1. The van der Waals surface area contributed by atoms with E-state index in [1.807, 2.05) is 55.5 Å². The Balaban J connectivity index is 1.52. The van der Waals surface area contributed by atoms with Crippen molar-refractivity contribution >= 4 is 26.5 Å². The van der Waals surface area contributed by atoms with Crippen LogP contribution in [0.5, 0.6) is 11.5 Å². The van der Waals surface area contributed by atoms with Gasteiger partial charge in [-0.2, -0.15) is 0 Å². The number of hydrogen-bond donors (Lipinski definition) is 0. The van der Waals surface area contributed by atoms with E-state index in [0.29, 0.717) is 22.9 Å². The zero-order valence-electron chi connectivity index (χ0n) is 14.4. The summed E-state index contributed by atoms with van der Waals surface area (Å²) in [6.45, 7) is 3.06. The first-order chi connectivity index (χ1) is 12.6. The molecule has 0 bridgehead atoms. The van der Waals surface area contributed by atoms with Gasteiger partial charge in [0.2, 0.25) is 0 Å². The molecule has 0 amide bonds. The van der Waals surface area contributed by atoms with E-state index in [9.17, 15) is 8.42 Å². The lowest BCUT2D eigenvalue weighted by Crippen LogP contribution is -2.31. The molecule has 0 radical (unpaired) electrons. The largest absolute Gasteiger partial charge is 0.494 e. The van der Waals surface area contributed by atoms with Crippen LogP contribution in [0.4, 0.5) is 5.69 Å². The number of rotatable bonds is 6. The lowest BCUT2D eigenvalue weighted by Gasteiger charge is -2.19. The van der Waals surface area contributed by atoms with Crippen molar-refractivity contribution in [3.63, 3.8) is 0 Å². The van der Waals surface area contributed by atoms with Gasteiger partial charge in [-0.3, -0.25) is 4.31 Å². The lowest BCUT2D eigenvalue weighted by atomic mass is 10.1. The van der Waals surface area contributed by atoms with Crippen LogP contribution in [-0.4, -0.2) is 28.2 Å². The van der Waals surface area contributed by atoms with E-state index in [1.165, 1.54) is 4.31 Å². The molecule has 4 rings (SSSR count). The van der Waals surface area contributed by atoms with Gasteiger partial charge in [-0.25, -0.2) is 8.42 Å². The molecular weight excluding hydrogens is 350 g/mol. The Morgan fingerprint density at radius 1 is 0.885 bits per heavy atom. The second kappa shape index (κ2) is 6.53. The molecule has 1 aliphatic heterocycles. The Bertz CT molecular complexity index is 1040. The summed E-state index contributed by atoms with van der Waals surface area (Å²) in [5, 5.41) is 1.72. The van der Waals surface area contributed by atoms with Crippen molar-refractivity contribution in [1.82, 2.24) is 0 Å². The maximum absolute atomic E-state index is 12.9. The average Bonchev–Trinajstić information content (AvgIpc) is 2.87. The Morgan fingerprint density at radius 3 is 2.23 bits per heavy atom. The fourth-order valence-electron chi connectivity index (χ4n) is 3.24. The summed E-state index contributed by atoms with van der Waals surface area (Å²) in [4.78, 5) is 0.367. The Hall–Kier alpha value is -2.73. The molecule has 0 N–H and O–H groups in total. The van der Waals surface area contributed by atoms with Crippen molar-refractivity contribution in [2.45, 2.75) is 11.8 Å². The molecule has 0 aliphatic carbocycles. The van der Waals surface area contributed by atoms with E-state index >= 15 is 0 Å². The van der Waals surface area contributed by atoms with Crippen molar-refractivity contribution in [2.24, 2.45) is 0 Å². The predicted octanol–water partition coefficient (Wildman–Crippen LogP) is 3.83. The van der Waals surface area contributed by atoms with E-state index in [-0.39, 0.29) is 13.2 Å². The van der Waals surface area contributed by atoms with Crippen molar-refractivity contribution in [3.8, 4) is 11.5 Å². The van der Waals surface area contributed by atoms with Crippen molar-refractivity contribution in [2.75, 3.05) is 24.1 Å². The summed E-state index contributed by atoms with van der Waals surface area (Å²) in [5.74, 6) is 1.46. The first-order valence-electron chi connectivity index (χ1n) is 8.51. The third-order valence-electron chi connectivity index (χ3n) is 4.38. The van der Waals surface area contributed by atoms with Crippen LogP contribution in [0.3, 0.4) is 0 Å². The molecule has 0 spiro atoms. The summed E-state index contributed by atoms with van der Waals surface area (Å²) in [6.07, 6.45) is 0. The van der Waals surface area contributed by atoms with Gasteiger partial charge in [0.05, 0.1) is 23.7 Å². The molecule has 3 aromatic rings. The summed E-state index contributed by atoms with van der Waals surface area (Å²) in [6, 6.07) is 18.3. The predicted molar refractivity (Wildman–Crippen MR) is 102 cm³/mol. The molecule has 0 saturated carbocycles. The highest BCUT2D eigenvalue weighted by Gasteiger charge is 2.35. The van der Waals surface area contributed by atoms with E-state index in [0.717, 1.165) is 16.5 Å². The summed E-state index contributed by atoms with van der Waals surface area (Å²) >= 11 is 0. The lowest BCUT2D eigenvalue weighted by molar-refractivity contribution is 0.323. The van der Waals surface area contributed by atoms with Crippen molar-refractivity contribution in [3.05, 3.63) is 60.7 Å². The highest BCUT2D eigenvalue weighted by molar-refractivity contribution is 7.93. The van der Waals surface area contributed by atoms with E-state index in [1.54, 1.807) is 12.1 Å². The van der Waals surface area contributed by atoms with E-state index < -0.39 is 10.0 Å². The van der Waals surface area contributed by atoms with E-state index in [4.69, 9.17) is 9.47 Å². The van der Waals surface area contributed by atoms with Crippen LogP contribution in [0.2, 0.25) is 0 Å². The van der Waals surface area contributed by atoms with Crippen LogP contribution in [0.15, 0.2) is 65.6 Å². The maximum atomic E-state index is 12.9. The zero-order valence-corrected chi connectivity index (χ0v) is 15.2. The van der Waals surface area contributed by atoms with Crippen LogP contribution in [-0.2, 0) is 10.0 Å². The number of hydrogen-bond acceptors (Lipinski definition) is 4. The van der Waals surface area contributed by atoms with Gasteiger partial charge >= 0.3 is 0 Å². The average molecular weight is 369 g/mol. The van der Waals surface area contributed by atoms with Crippen molar-refractivity contribution in [1.29, 1.82) is 0 Å². The van der Waals surface area contributed by atoms with Gasteiger partial charge < -0.3 is 9.47 Å². The minimum Gasteiger partial charge on any atom is -0.494 e. The maximum Gasteiger partial charge on any atom is 0.265 e. The van der Waals surface area contributed by atoms with Crippen LogP contribution in [0.1, 0.15) is 6.92 Å². The van der Waals surface area contributed by atoms with Gasteiger partial charge in [0.25, 0.3) is 10.0 Å². The Kier molecular flexibility index (Phi) is 4.20. The monoisotopic (exact) mass is 369 g/mol. The number of benzene rings is 3. The molecule has 3 aromatic carbocycles. The molecule has 0 unspecified atom stereocenters. The molecule has 0 atom stereocenters. The summed E-state index contributed by atoms with van der Waals surface area (Å²) in [7, 11) is -3.53. The highest BCUT2D eigenvalue weighted by Crippen LogP contribution is 2.41. The fraction of sp³-hybridized carbons (Fsp3) is 0.200. The third-order valence-corrected chi connectivity index (χ3v) is 6.23. The van der Waals surface area contributed by atoms with Crippen LogP contribution < -0.4 is 13.8 Å². The van der Waals surface area contributed by atoms with Gasteiger partial charge in [0.15, 0.2) is 0 Å². The Labute approximate surface area is 152 Å². The molecule has 134 valence electrons. The van der Waals surface area contributed by atoms with Gasteiger partial charge in [-0.1, -0.05) is 24.3 Å². The smallest absolute Gasteiger partial charge is 0.265 e. The van der Waals surface area contributed by atoms with Crippen LogP contribution >= 0.6 is 0 Å². The molecular formula is C20H19NO4S. The quantitative estimate of drug-likeness (QED) is 0.663. The second-order valence-electron chi connectivity index (χ2n) is 5.96. The number of nitrogens with zero attached hydrogens (tertiary/aromatic N) is 1. The van der Waals surface area contributed by atoms with Crippen LogP contribution in [0.25, 0.3) is 10.8 Å². The van der Waals surface area contributed by atoms with Crippen LogP contribution in [0, 0.1) is 0 Å². The van der Waals surface area contributed by atoms with Crippen molar-refractivity contribution < 1.29 is 17.9 Å². The Morgan fingerprint density at radius 2 is 1.54 bits per heavy atom. The molecule has 0 fully saturated rings. The van der Waals surface area contributed by atoms with Gasteiger partial charge in [-0.15, -0.1) is 0 Å². The van der Waals surface area contributed by atoms with Gasteiger partial charge in [0, 0.05) is 5.39 Å². The minimum atomic E-state index is -3.53. The molecule has 6 heteroatoms. The third kappa shape index (κ3) is 2.76. The SMILES string of the molecule is CCOc1ccc(OCCN2c3cccc4cccc(c34)S2(=O)=O)cc1. The second-order valence-corrected chi connectivity index (χ2v) is 7.79. The normalized spacial score (nSPS) is 14.6. The zero-order chi connectivity index (χ0) is 18.1. The molecule has 5 nitrogen and oxygen atoms in total. The topological polar surface area (TPSA) is 55.8 Å². The molecule has 0 saturated heterocycles. The van der Waals surface area contributed by atoms with Gasteiger partial charge in [-0.05, 0) is 48.7 Å². The van der Waals surface area contributed by atoms with Gasteiger partial charge in [0.1, 0.15) is 18.1 Å². The molecule has 0 aromatic heterocycles. The molecule has 26 heavy (non-hydrogen) atoms. The van der Waals surface area contributed by atoms with E-state index in [2.05, 4.69) is 0 Å². The number of sulfonamides is 1. The standard InChI is InChI=1S/C20H19NO4S/c1-2-24-16-9-11-17(12-10-16)25-14-13-21-18-7-3-5-15-6-4-8-19(20(15)18)26(21,22)23/h3-12H,2,13-14H2,1H3. The molecule has 1 aliphatic rings. The summed E-state index contributed by atoms with van der Waals surface area (Å²) in [5.41, 5.74) is 0.716. The first-order valence-corrected chi connectivity index (χ1v) is 9.95. The number of ether oxygens (including phenoxy) is 2.